The molecule has 0 aliphatic rings. The lowest BCUT2D eigenvalue weighted by atomic mass is 10.2. The first kappa shape index (κ1) is 6.83. The summed E-state index contributed by atoms with van der Waals surface area (Å²) in [6.45, 7) is 0. The molecule has 10 heavy (non-hydrogen) atoms. The fourth-order valence-electron chi connectivity index (χ4n) is 0.708. The predicted molar refractivity (Wildman–Crippen MR) is 42.8 cm³/mol. The Kier molecular flexibility index (Phi) is 2.52. The summed E-state index contributed by atoms with van der Waals surface area (Å²) in [5.74, 6) is 5.04. The molecule has 0 aromatic heterocycles. The maximum atomic E-state index is 5.04. The highest BCUT2D eigenvalue weighted by molar-refractivity contribution is 5.47. The van der Waals surface area contributed by atoms with Crippen LogP contribution in [0.2, 0.25) is 0 Å². The van der Waals surface area contributed by atoms with E-state index < -0.39 is 0 Å². The summed E-state index contributed by atoms with van der Waals surface area (Å²) >= 11 is 0. The van der Waals surface area contributed by atoms with Gasteiger partial charge in [-0.3, -0.25) is 5.84 Å². The molecule has 0 aliphatic heterocycles. The molecule has 0 saturated carbocycles. The normalized spacial score (nSPS) is 10.1. The largest absolute Gasteiger partial charge is 0.331 e. The van der Waals surface area contributed by atoms with Gasteiger partial charge in [-0.25, -0.2) is 0 Å². The average molecular weight is 134 g/mol. The molecule has 0 bridgehead atoms. The van der Waals surface area contributed by atoms with Crippen LogP contribution in [0.1, 0.15) is 5.56 Å². The van der Waals surface area contributed by atoms with Gasteiger partial charge in [0, 0.05) is 6.20 Å². The summed E-state index contributed by atoms with van der Waals surface area (Å²) in [7, 11) is 0. The second-order valence-corrected chi connectivity index (χ2v) is 1.91. The number of hydrogen-bond acceptors (Lipinski definition) is 2. The van der Waals surface area contributed by atoms with E-state index in [9.17, 15) is 0 Å². The highest BCUT2D eigenvalue weighted by atomic mass is 15.2. The minimum atomic E-state index is 1.14. The van der Waals surface area contributed by atoms with E-state index in [1.165, 1.54) is 0 Å². The maximum absolute atomic E-state index is 5.04. The van der Waals surface area contributed by atoms with Crippen LogP contribution in [0, 0.1) is 0 Å². The standard InChI is InChI=1S/C8H10N2/c9-10-7-6-8-4-2-1-3-5-8/h1-7,10H,9H2/b7-6+. The lowest BCUT2D eigenvalue weighted by Gasteiger charge is -1.89. The molecule has 0 radical (unpaired) electrons. The van der Waals surface area contributed by atoms with Gasteiger partial charge in [0.15, 0.2) is 0 Å². The summed E-state index contributed by atoms with van der Waals surface area (Å²) in [5, 5.41) is 0. The van der Waals surface area contributed by atoms with Crippen LogP contribution in [0.4, 0.5) is 0 Å². The number of hydrogen-bond donors (Lipinski definition) is 2. The molecule has 0 amide bonds. The van der Waals surface area contributed by atoms with Crippen molar-refractivity contribution in [1.29, 1.82) is 0 Å². The zero-order valence-electron chi connectivity index (χ0n) is 5.62. The van der Waals surface area contributed by atoms with Crippen LogP contribution >= 0.6 is 0 Å². The molecule has 0 saturated heterocycles. The van der Waals surface area contributed by atoms with E-state index in [0.29, 0.717) is 0 Å². The van der Waals surface area contributed by atoms with E-state index in [4.69, 9.17) is 5.84 Å². The molecule has 1 aromatic rings. The van der Waals surface area contributed by atoms with Gasteiger partial charge in [-0.15, -0.1) is 0 Å². The van der Waals surface area contributed by atoms with Crippen molar-refractivity contribution in [2.75, 3.05) is 0 Å². The second-order valence-electron chi connectivity index (χ2n) is 1.91. The molecule has 2 heteroatoms. The number of rotatable bonds is 2. The van der Waals surface area contributed by atoms with Crippen LogP contribution in [0.5, 0.6) is 0 Å². The van der Waals surface area contributed by atoms with Crippen LogP contribution in [0.25, 0.3) is 6.08 Å². The van der Waals surface area contributed by atoms with Crippen LogP contribution in [0.15, 0.2) is 36.5 Å². The summed E-state index contributed by atoms with van der Waals surface area (Å²) in [6, 6.07) is 9.96. The highest BCUT2D eigenvalue weighted by Crippen LogP contribution is 1.98. The Morgan fingerprint density at radius 1 is 1.20 bits per heavy atom. The molecular weight excluding hydrogens is 124 g/mol. The molecule has 1 aromatic carbocycles. The predicted octanol–water partition coefficient (Wildman–Crippen LogP) is 1.12. The van der Waals surface area contributed by atoms with Crippen molar-refractivity contribution in [2.24, 2.45) is 5.84 Å². The molecule has 0 atom stereocenters. The summed E-state index contributed by atoms with van der Waals surface area (Å²) in [5.41, 5.74) is 3.57. The van der Waals surface area contributed by atoms with Crippen molar-refractivity contribution in [3.63, 3.8) is 0 Å². The van der Waals surface area contributed by atoms with E-state index in [0.717, 1.165) is 5.56 Å². The Labute approximate surface area is 60.3 Å². The van der Waals surface area contributed by atoms with Crippen molar-refractivity contribution in [2.45, 2.75) is 0 Å². The zero-order valence-corrected chi connectivity index (χ0v) is 5.62. The Hall–Kier alpha value is -1.28. The molecule has 52 valence electrons. The number of nitrogens with one attached hydrogen (secondary N) is 1. The first-order valence-electron chi connectivity index (χ1n) is 3.11. The Balaban J connectivity index is 2.67. The highest BCUT2D eigenvalue weighted by Gasteiger charge is 1.78. The zero-order chi connectivity index (χ0) is 7.23. The molecule has 1 rings (SSSR count). The molecule has 0 spiro atoms. The van der Waals surface area contributed by atoms with Crippen LogP contribution in [-0.4, -0.2) is 0 Å². The van der Waals surface area contributed by atoms with Crippen LogP contribution in [0.3, 0.4) is 0 Å². The minimum absolute atomic E-state index is 1.14. The monoisotopic (exact) mass is 134 g/mol. The van der Waals surface area contributed by atoms with Crippen LogP contribution in [-0.2, 0) is 0 Å². The Morgan fingerprint density at radius 2 is 1.90 bits per heavy atom. The molecule has 2 nitrogen and oxygen atoms in total. The van der Waals surface area contributed by atoms with Crippen LogP contribution < -0.4 is 11.3 Å². The fourth-order valence-corrected chi connectivity index (χ4v) is 0.708. The van der Waals surface area contributed by atoms with Gasteiger partial charge in [-0.2, -0.15) is 0 Å². The molecule has 0 unspecified atom stereocenters. The smallest absolute Gasteiger partial charge is 0.0129 e. The van der Waals surface area contributed by atoms with Crippen molar-refractivity contribution < 1.29 is 0 Å². The fraction of sp³-hybridized carbons (Fsp3) is 0. The SMILES string of the molecule is NN/C=C/c1ccccc1. The number of benzene rings is 1. The average Bonchev–Trinajstić information content (AvgIpc) is 2.03. The lowest BCUT2D eigenvalue weighted by molar-refractivity contribution is 0.974. The van der Waals surface area contributed by atoms with Gasteiger partial charge in [-0.05, 0) is 11.6 Å². The van der Waals surface area contributed by atoms with E-state index in [2.05, 4.69) is 5.43 Å². The summed E-state index contributed by atoms with van der Waals surface area (Å²) in [6.07, 6.45) is 3.59. The Bertz CT molecular complexity index is 204. The molecule has 3 N–H and O–H groups in total. The van der Waals surface area contributed by atoms with Gasteiger partial charge in [-0.1, -0.05) is 30.3 Å². The molecule has 0 fully saturated rings. The van der Waals surface area contributed by atoms with Crippen molar-refractivity contribution >= 4 is 6.08 Å². The second kappa shape index (κ2) is 3.69. The Morgan fingerprint density at radius 3 is 2.50 bits per heavy atom. The van der Waals surface area contributed by atoms with E-state index in [-0.39, 0.29) is 0 Å². The molecule has 0 aliphatic carbocycles. The minimum Gasteiger partial charge on any atom is -0.331 e. The first-order chi connectivity index (χ1) is 4.93. The number of nitrogens with two attached hydrogens (primary N) is 1. The summed E-state index contributed by atoms with van der Waals surface area (Å²) < 4.78 is 0. The van der Waals surface area contributed by atoms with E-state index in [1.807, 2.05) is 36.4 Å². The van der Waals surface area contributed by atoms with Gasteiger partial charge < -0.3 is 5.43 Å². The molecule has 0 heterocycles. The third kappa shape index (κ3) is 1.91. The quantitative estimate of drug-likeness (QED) is 0.470. The van der Waals surface area contributed by atoms with Gasteiger partial charge in [0.05, 0.1) is 0 Å². The molecular formula is C8H10N2. The number of hydrazine groups is 1. The van der Waals surface area contributed by atoms with Gasteiger partial charge in [0.25, 0.3) is 0 Å². The van der Waals surface area contributed by atoms with Gasteiger partial charge in [0.1, 0.15) is 0 Å². The van der Waals surface area contributed by atoms with Gasteiger partial charge >= 0.3 is 0 Å². The third-order valence-corrected chi connectivity index (χ3v) is 1.17. The first-order valence-corrected chi connectivity index (χ1v) is 3.11. The van der Waals surface area contributed by atoms with Crippen molar-refractivity contribution in [3.05, 3.63) is 42.1 Å². The lowest BCUT2D eigenvalue weighted by Crippen LogP contribution is -2.12. The van der Waals surface area contributed by atoms with E-state index in [1.54, 1.807) is 6.20 Å². The van der Waals surface area contributed by atoms with Crippen molar-refractivity contribution in [1.82, 2.24) is 5.43 Å². The topological polar surface area (TPSA) is 38.0 Å². The van der Waals surface area contributed by atoms with E-state index >= 15 is 0 Å². The summed E-state index contributed by atoms with van der Waals surface area (Å²) in [4.78, 5) is 0. The maximum Gasteiger partial charge on any atom is 0.0129 e. The third-order valence-electron chi connectivity index (χ3n) is 1.17. The van der Waals surface area contributed by atoms with Gasteiger partial charge in [0.2, 0.25) is 0 Å². The van der Waals surface area contributed by atoms with Crippen molar-refractivity contribution in [3.8, 4) is 0 Å².